The van der Waals surface area contributed by atoms with E-state index in [0.29, 0.717) is 5.82 Å². The molecule has 0 radical (unpaired) electrons. The Kier molecular flexibility index (Phi) is 6.61. The summed E-state index contributed by atoms with van der Waals surface area (Å²) in [4.78, 5) is 29.7. The van der Waals surface area contributed by atoms with Crippen molar-refractivity contribution in [1.82, 2.24) is 15.1 Å². The summed E-state index contributed by atoms with van der Waals surface area (Å²) in [5.74, 6) is 0.769. The third-order valence-electron chi connectivity index (χ3n) is 7.10. The fourth-order valence-electron chi connectivity index (χ4n) is 5.04. The van der Waals surface area contributed by atoms with Gasteiger partial charge >= 0.3 is 0 Å². The first kappa shape index (κ1) is 24.9. The van der Waals surface area contributed by atoms with Gasteiger partial charge < -0.3 is 5.32 Å². The van der Waals surface area contributed by atoms with Crippen molar-refractivity contribution < 1.29 is 9.59 Å². The maximum absolute atomic E-state index is 13.8. The second kappa shape index (κ2) is 10.1. The Hall–Kier alpha value is -3.36. The standard InChI is InChI=1S/C30H30N4O2S2/c1-18-9-12-23(20(3)15-18)34-30-26(27(32-34)21-7-5-4-6-8-21)29(28-19(2)13-14-37-28)38-17-25(36)33(30)16-24(35)31-22-10-11-22/h4-9,12-15,22,29H,10-11,16-17H2,1-3H3,(H,31,35). The molecule has 2 amide bonds. The number of anilines is 1. The lowest BCUT2D eigenvalue weighted by atomic mass is 10.0. The number of benzene rings is 2. The summed E-state index contributed by atoms with van der Waals surface area (Å²) in [5, 5.41) is 10.3. The number of nitrogens with one attached hydrogen (secondary N) is 1. The van der Waals surface area contributed by atoms with Gasteiger partial charge in [0.05, 0.1) is 22.4 Å². The molecule has 1 atom stereocenters. The van der Waals surface area contributed by atoms with E-state index in [-0.39, 0.29) is 35.4 Å². The number of hydrogen-bond donors (Lipinski definition) is 1. The van der Waals surface area contributed by atoms with Gasteiger partial charge in [0.25, 0.3) is 0 Å². The Morgan fingerprint density at radius 1 is 1.05 bits per heavy atom. The summed E-state index contributed by atoms with van der Waals surface area (Å²) in [6, 6.07) is 18.8. The average Bonchev–Trinajstić information content (AvgIpc) is 3.51. The lowest BCUT2D eigenvalue weighted by Crippen LogP contribution is -2.43. The van der Waals surface area contributed by atoms with Crippen molar-refractivity contribution in [2.45, 2.75) is 44.9 Å². The fourth-order valence-corrected chi connectivity index (χ4v) is 7.52. The number of nitrogens with zero attached hydrogens (tertiary/aromatic N) is 3. The Labute approximate surface area is 231 Å². The highest BCUT2D eigenvalue weighted by atomic mass is 32.2. The van der Waals surface area contributed by atoms with Gasteiger partial charge in [-0.15, -0.1) is 23.1 Å². The molecule has 2 aromatic carbocycles. The van der Waals surface area contributed by atoms with Crippen molar-refractivity contribution in [2.24, 2.45) is 0 Å². The molecule has 0 saturated heterocycles. The predicted octanol–water partition coefficient (Wildman–Crippen LogP) is 5.97. The molecular formula is C30H30N4O2S2. The number of fused-ring (bicyclic) bond motifs is 1. The number of aryl methyl sites for hydroxylation is 3. The van der Waals surface area contributed by atoms with Crippen LogP contribution in [0, 0.1) is 20.8 Å². The zero-order valence-electron chi connectivity index (χ0n) is 21.7. The van der Waals surface area contributed by atoms with Crippen LogP contribution >= 0.6 is 23.1 Å². The Bertz CT molecular complexity index is 1520. The van der Waals surface area contributed by atoms with Crippen molar-refractivity contribution >= 4 is 40.7 Å². The summed E-state index contributed by atoms with van der Waals surface area (Å²) >= 11 is 3.33. The topological polar surface area (TPSA) is 67.2 Å². The van der Waals surface area contributed by atoms with Crippen molar-refractivity contribution in [2.75, 3.05) is 17.2 Å². The minimum Gasteiger partial charge on any atom is -0.352 e. The molecule has 1 unspecified atom stereocenters. The maximum Gasteiger partial charge on any atom is 0.240 e. The van der Waals surface area contributed by atoms with Gasteiger partial charge in [-0.25, -0.2) is 4.68 Å². The molecule has 0 bridgehead atoms. The molecule has 4 aromatic rings. The van der Waals surface area contributed by atoms with E-state index >= 15 is 0 Å². The van der Waals surface area contributed by atoms with E-state index in [1.807, 2.05) is 22.9 Å². The number of hydrogen-bond acceptors (Lipinski definition) is 5. The first-order valence-electron chi connectivity index (χ1n) is 12.9. The molecule has 1 saturated carbocycles. The van der Waals surface area contributed by atoms with Crippen LogP contribution in [0.5, 0.6) is 0 Å². The van der Waals surface area contributed by atoms with Gasteiger partial charge in [-0.05, 0) is 62.3 Å². The van der Waals surface area contributed by atoms with E-state index in [2.05, 4.69) is 67.9 Å². The van der Waals surface area contributed by atoms with E-state index in [4.69, 9.17) is 5.10 Å². The molecule has 2 aliphatic rings. The number of thioether (sulfide) groups is 1. The van der Waals surface area contributed by atoms with E-state index in [1.165, 1.54) is 10.4 Å². The molecule has 1 fully saturated rings. The number of aromatic nitrogens is 2. The second-order valence-corrected chi connectivity index (χ2v) is 12.2. The molecule has 6 rings (SSSR count). The molecule has 0 spiro atoms. The zero-order valence-corrected chi connectivity index (χ0v) is 23.4. The summed E-state index contributed by atoms with van der Waals surface area (Å²) in [5.41, 5.74) is 7.14. The maximum atomic E-state index is 13.8. The molecule has 3 heterocycles. The molecule has 2 aromatic heterocycles. The molecule has 1 aliphatic carbocycles. The van der Waals surface area contributed by atoms with Gasteiger partial charge in [0, 0.05) is 22.0 Å². The highest BCUT2D eigenvalue weighted by Gasteiger charge is 2.39. The van der Waals surface area contributed by atoms with Crippen LogP contribution in [0.1, 0.15) is 45.2 Å². The molecule has 38 heavy (non-hydrogen) atoms. The highest BCUT2D eigenvalue weighted by molar-refractivity contribution is 8.00. The molecular weight excluding hydrogens is 512 g/mol. The largest absolute Gasteiger partial charge is 0.352 e. The SMILES string of the molecule is Cc1ccc(-n2nc(-c3ccccc3)c3c2N(CC(=O)NC2CC2)C(=O)CSC3c2sccc2C)c(C)c1. The first-order valence-corrected chi connectivity index (χ1v) is 14.8. The van der Waals surface area contributed by atoms with Crippen LogP contribution in [0.25, 0.3) is 16.9 Å². The van der Waals surface area contributed by atoms with Gasteiger partial charge in [0.2, 0.25) is 11.8 Å². The number of carbonyl (C=O) groups excluding carboxylic acids is 2. The third kappa shape index (κ3) is 4.67. The van der Waals surface area contributed by atoms with Crippen LogP contribution < -0.4 is 10.2 Å². The fraction of sp³-hybridized carbons (Fsp3) is 0.300. The van der Waals surface area contributed by atoms with E-state index < -0.39 is 0 Å². The van der Waals surface area contributed by atoms with Crippen LogP contribution in [0.2, 0.25) is 0 Å². The normalized spacial score (nSPS) is 17.3. The van der Waals surface area contributed by atoms with Gasteiger partial charge in [-0.3, -0.25) is 14.5 Å². The first-order chi connectivity index (χ1) is 18.4. The Morgan fingerprint density at radius 3 is 2.53 bits per heavy atom. The van der Waals surface area contributed by atoms with Gasteiger partial charge in [-0.1, -0.05) is 48.0 Å². The molecule has 6 nitrogen and oxygen atoms in total. The number of amides is 2. The van der Waals surface area contributed by atoms with Crippen molar-refractivity contribution in [3.63, 3.8) is 0 Å². The molecule has 8 heteroatoms. The third-order valence-corrected chi connectivity index (χ3v) is 9.55. The van der Waals surface area contributed by atoms with Gasteiger partial charge in [-0.2, -0.15) is 5.10 Å². The lowest BCUT2D eigenvalue weighted by Gasteiger charge is -2.23. The highest BCUT2D eigenvalue weighted by Crippen LogP contribution is 2.50. The lowest BCUT2D eigenvalue weighted by molar-refractivity contribution is -0.123. The van der Waals surface area contributed by atoms with Crippen molar-refractivity contribution in [1.29, 1.82) is 0 Å². The zero-order chi connectivity index (χ0) is 26.4. The number of carbonyl (C=O) groups is 2. The van der Waals surface area contributed by atoms with Gasteiger partial charge in [0.15, 0.2) is 0 Å². The molecule has 1 aliphatic heterocycles. The van der Waals surface area contributed by atoms with E-state index in [0.717, 1.165) is 46.5 Å². The minimum absolute atomic E-state index is 0.0239. The number of thiophene rings is 1. The second-order valence-electron chi connectivity index (χ2n) is 10.1. The summed E-state index contributed by atoms with van der Waals surface area (Å²) < 4.78 is 1.90. The van der Waals surface area contributed by atoms with Gasteiger partial charge in [0.1, 0.15) is 12.4 Å². The monoisotopic (exact) mass is 542 g/mol. The minimum atomic E-state index is -0.128. The van der Waals surface area contributed by atoms with E-state index in [9.17, 15) is 9.59 Å². The average molecular weight is 543 g/mol. The van der Waals surface area contributed by atoms with Crippen LogP contribution in [0.4, 0.5) is 5.82 Å². The Balaban J connectivity index is 1.62. The van der Waals surface area contributed by atoms with Crippen LogP contribution in [0.3, 0.4) is 0 Å². The molecule has 194 valence electrons. The van der Waals surface area contributed by atoms with Crippen molar-refractivity contribution in [3.8, 4) is 16.9 Å². The number of rotatable bonds is 6. The predicted molar refractivity (Wildman–Crippen MR) is 155 cm³/mol. The summed E-state index contributed by atoms with van der Waals surface area (Å²) in [6.07, 6.45) is 2.00. The summed E-state index contributed by atoms with van der Waals surface area (Å²) in [7, 11) is 0. The summed E-state index contributed by atoms with van der Waals surface area (Å²) in [6.45, 7) is 6.23. The van der Waals surface area contributed by atoms with Crippen LogP contribution in [0.15, 0.2) is 60.0 Å². The van der Waals surface area contributed by atoms with E-state index in [1.54, 1.807) is 28.0 Å². The van der Waals surface area contributed by atoms with Crippen LogP contribution in [-0.2, 0) is 9.59 Å². The van der Waals surface area contributed by atoms with Crippen LogP contribution in [-0.4, -0.2) is 39.9 Å². The molecule has 1 N–H and O–H groups in total. The Morgan fingerprint density at radius 2 is 1.84 bits per heavy atom. The quantitative estimate of drug-likeness (QED) is 0.326. The van der Waals surface area contributed by atoms with Crippen molar-refractivity contribution in [3.05, 3.63) is 87.1 Å². The smallest absolute Gasteiger partial charge is 0.240 e.